The second-order valence-electron chi connectivity index (χ2n) is 6.88. The van der Waals surface area contributed by atoms with Crippen LogP contribution in [0.5, 0.6) is 0 Å². The van der Waals surface area contributed by atoms with E-state index in [1.807, 2.05) is 48.7 Å². The summed E-state index contributed by atoms with van der Waals surface area (Å²) < 4.78 is 2.29. The molecule has 0 aliphatic carbocycles. The van der Waals surface area contributed by atoms with Gasteiger partial charge < -0.3 is 10.6 Å². The summed E-state index contributed by atoms with van der Waals surface area (Å²) in [5.74, 6) is 0.391. The molecule has 29 heavy (non-hydrogen) atoms. The summed E-state index contributed by atoms with van der Waals surface area (Å²) in [5, 5.41) is 12.7. The predicted octanol–water partition coefficient (Wildman–Crippen LogP) is 4.21. The van der Waals surface area contributed by atoms with Gasteiger partial charge in [0.1, 0.15) is 0 Å². The molecule has 0 aliphatic heterocycles. The Morgan fingerprint density at radius 2 is 1.83 bits per heavy atom. The van der Waals surface area contributed by atoms with E-state index in [0.29, 0.717) is 28.5 Å². The van der Waals surface area contributed by atoms with Crippen molar-refractivity contribution < 1.29 is 9.59 Å². The number of H-pyrrole nitrogens is 1. The number of benzene rings is 2. The van der Waals surface area contributed by atoms with E-state index in [2.05, 4.69) is 20.8 Å². The molecule has 150 valence electrons. The van der Waals surface area contributed by atoms with Crippen LogP contribution in [0.3, 0.4) is 0 Å². The van der Waals surface area contributed by atoms with Crippen LogP contribution in [0.15, 0.2) is 42.5 Å². The first kappa shape index (κ1) is 20.5. The average Bonchev–Trinajstić information content (AvgIpc) is 3.03. The van der Waals surface area contributed by atoms with Crippen LogP contribution in [0, 0.1) is 18.6 Å². The number of aromatic amines is 1. The van der Waals surface area contributed by atoms with Crippen LogP contribution in [0.4, 0.5) is 11.4 Å². The van der Waals surface area contributed by atoms with Gasteiger partial charge in [0.25, 0.3) is 0 Å². The monoisotopic (exact) mass is 409 g/mol. The third kappa shape index (κ3) is 5.17. The van der Waals surface area contributed by atoms with E-state index in [-0.39, 0.29) is 18.2 Å². The van der Waals surface area contributed by atoms with Crippen molar-refractivity contribution >= 4 is 35.4 Å². The molecule has 1 aromatic heterocycles. The number of nitrogens with one attached hydrogen (secondary N) is 3. The second-order valence-corrected chi connectivity index (χ2v) is 7.27. The molecule has 0 saturated heterocycles. The number of hydrogen-bond donors (Lipinski definition) is 3. The van der Waals surface area contributed by atoms with E-state index in [4.69, 9.17) is 12.2 Å². The predicted molar refractivity (Wildman–Crippen MR) is 116 cm³/mol. The van der Waals surface area contributed by atoms with Gasteiger partial charge in [-0.2, -0.15) is 5.10 Å². The quantitative estimate of drug-likeness (QED) is 0.532. The SMILES string of the molecule is CC(=O)Nc1ccc(C)c(NC(=O)CCn2c(-c3ccc(C)cc3)n[nH]c2=S)c1. The molecule has 8 heteroatoms. The van der Waals surface area contributed by atoms with Crippen LogP contribution in [0.2, 0.25) is 0 Å². The number of anilines is 2. The summed E-state index contributed by atoms with van der Waals surface area (Å²) in [6, 6.07) is 13.4. The van der Waals surface area contributed by atoms with E-state index in [9.17, 15) is 9.59 Å². The van der Waals surface area contributed by atoms with Crippen LogP contribution >= 0.6 is 12.2 Å². The van der Waals surface area contributed by atoms with Crippen molar-refractivity contribution in [2.24, 2.45) is 0 Å². The van der Waals surface area contributed by atoms with E-state index >= 15 is 0 Å². The number of carbonyl (C=O) groups is 2. The van der Waals surface area contributed by atoms with Crippen molar-refractivity contribution in [2.75, 3.05) is 10.6 Å². The van der Waals surface area contributed by atoms with Crippen molar-refractivity contribution in [3.8, 4) is 11.4 Å². The molecule has 0 radical (unpaired) electrons. The Bertz CT molecular complexity index is 1100. The van der Waals surface area contributed by atoms with Crippen molar-refractivity contribution in [1.82, 2.24) is 14.8 Å². The fourth-order valence-corrected chi connectivity index (χ4v) is 3.14. The van der Waals surface area contributed by atoms with Crippen molar-refractivity contribution in [3.63, 3.8) is 0 Å². The Balaban J connectivity index is 1.71. The van der Waals surface area contributed by atoms with Crippen molar-refractivity contribution in [1.29, 1.82) is 0 Å². The number of carbonyl (C=O) groups excluding carboxylic acids is 2. The summed E-state index contributed by atoms with van der Waals surface area (Å²) in [5.41, 5.74) is 4.30. The van der Waals surface area contributed by atoms with E-state index in [0.717, 1.165) is 16.7 Å². The van der Waals surface area contributed by atoms with Crippen LogP contribution in [0.25, 0.3) is 11.4 Å². The molecule has 3 rings (SSSR count). The zero-order valence-corrected chi connectivity index (χ0v) is 17.4. The highest BCUT2D eigenvalue weighted by molar-refractivity contribution is 7.71. The van der Waals surface area contributed by atoms with Gasteiger partial charge in [0.2, 0.25) is 11.8 Å². The van der Waals surface area contributed by atoms with E-state index < -0.39 is 0 Å². The van der Waals surface area contributed by atoms with Gasteiger partial charge in [0, 0.05) is 36.8 Å². The second kappa shape index (κ2) is 8.83. The first-order chi connectivity index (χ1) is 13.8. The first-order valence-corrected chi connectivity index (χ1v) is 9.64. The standard InChI is InChI=1S/C21H23N5O2S/c1-13-4-7-16(8-5-13)20-24-25-21(29)26(20)11-10-19(28)23-18-12-17(22-15(3)27)9-6-14(18)2/h4-9,12H,10-11H2,1-3H3,(H,22,27)(H,23,28)(H,25,29). The lowest BCUT2D eigenvalue weighted by Crippen LogP contribution is -2.16. The molecular formula is C21H23N5O2S. The highest BCUT2D eigenvalue weighted by atomic mass is 32.1. The maximum Gasteiger partial charge on any atom is 0.226 e. The fourth-order valence-electron chi connectivity index (χ4n) is 2.91. The average molecular weight is 410 g/mol. The van der Waals surface area contributed by atoms with Crippen LogP contribution in [-0.4, -0.2) is 26.6 Å². The topological polar surface area (TPSA) is 91.8 Å². The molecule has 0 bridgehead atoms. The number of aromatic nitrogens is 3. The Morgan fingerprint density at radius 1 is 1.10 bits per heavy atom. The van der Waals surface area contributed by atoms with Gasteiger partial charge in [-0.1, -0.05) is 35.9 Å². The van der Waals surface area contributed by atoms with Gasteiger partial charge in [0.05, 0.1) is 0 Å². The summed E-state index contributed by atoms with van der Waals surface area (Å²) in [6.45, 7) is 5.76. The van der Waals surface area contributed by atoms with Gasteiger partial charge >= 0.3 is 0 Å². The molecule has 0 atom stereocenters. The Kier molecular flexibility index (Phi) is 6.23. The summed E-state index contributed by atoms with van der Waals surface area (Å²) >= 11 is 5.33. The number of rotatable bonds is 6. The normalized spacial score (nSPS) is 10.6. The summed E-state index contributed by atoms with van der Waals surface area (Å²) in [6.07, 6.45) is 0.233. The Morgan fingerprint density at radius 3 is 2.52 bits per heavy atom. The van der Waals surface area contributed by atoms with Crippen LogP contribution < -0.4 is 10.6 Å². The molecule has 7 nitrogen and oxygen atoms in total. The molecule has 2 aromatic carbocycles. The van der Waals surface area contributed by atoms with Gasteiger partial charge in [-0.3, -0.25) is 19.3 Å². The zero-order valence-electron chi connectivity index (χ0n) is 16.6. The lowest BCUT2D eigenvalue weighted by Gasteiger charge is -2.12. The first-order valence-electron chi connectivity index (χ1n) is 9.24. The van der Waals surface area contributed by atoms with E-state index in [1.165, 1.54) is 6.92 Å². The molecule has 1 heterocycles. The van der Waals surface area contributed by atoms with Crippen LogP contribution in [-0.2, 0) is 16.1 Å². The van der Waals surface area contributed by atoms with Gasteiger partial charge in [-0.15, -0.1) is 0 Å². The smallest absolute Gasteiger partial charge is 0.226 e. The van der Waals surface area contributed by atoms with Gasteiger partial charge in [0.15, 0.2) is 10.6 Å². The Hall–Kier alpha value is -3.26. The highest BCUT2D eigenvalue weighted by Crippen LogP contribution is 2.21. The third-order valence-corrected chi connectivity index (χ3v) is 4.77. The van der Waals surface area contributed by atoms with Crippen molar-refractivity contribution in [2.45, 2.75) is 33.7 Å². The molecule has 0 saturated carbocycles. The fraction of sp³-hybridized carbons (Fsp3) is 0.238. The minimum Gasteiger partial charge on any atom is -0.326 e. The van der Waals surface area contributed by atoms with Gasteiger partial charge in [-0.25, -0.2) is 0 Å². The molecule has 0 aliphatic rings. The minimum atomic E-state index is -0.163. The van der Waals surface area contributed by atoms with Gasteiger partial charge in [-0.05, 0) is 43.8 Å². The Labute approximate surface area is 174 Å². The summed E-state index contributed by atoms with van der Waals surface area (Å²) in [7, 11) is 0. The number of aryl methyl sites for hydroxylation is 2. The molecular weight excluding hydrogens is 386 g/mol. The third-order valence-electron chi connectivity index (χ3n) is 4.46. The summed E-state index contributed by atoms with van der Waals surface area (Å²) in [4.78, 5) is 23.8. The van der Waals surface area contributed by atoms with Crippen LogP contribution in [0.1, 0.15) is 24.5 Å². The molecule has 2 amide bonds. The minimum absolute atomic E-state index is 0.147. The molecule has 3 aromatic rings. The number of hydrogen-bond acceptors (Lipinski definition) is 4. The van der Waals surface area contributed by atoms with E-state index in [1.54, 1.807) is 12.1 Å². The maximum atomic E-state index is 12.5. The largest absolute Gasteiger partial charge is 0.326 e. The maximum absolute atomic E-state index is 12.5. The lowest BCUT2D eigenvalue weighted by molar-refractivity contribution is -0.116. The highest BCUT2D eigenvalue weighted by Gasteiger charge is 2.12. The van der Waals surface area contributed by atoms with Crippen molar-refractivity contribution in [3.05, 3.63) is 58.4 Å². The number of amides is 2. The molecule has 0 fully saturated rings. The molecule has 3 N–H and O–H groups in total. The molecule has 0 spiro atoms. The number of nitrogens with zero attached hydrogens (tertiary/aromatic N) is 2. The zero-order chi connectivity index (χ0) is 21.0. The lowest BCUT2D eigenvalue weighted by atomic mass is 10.1. The molecule has 0 unspecified atom stereocenters.